The molecule has 0 bridgehead atoms. The van der Waals surface area contributed by atoms with Crippen molar-refractivity contribution in [1.82, 2.24) is 9.55 Å². The molecule has 0 fully saturated rings. The summed E-state index contributed by atoms with van der Waals surface area (Å²) in [5, 5.41) is 3.43. The summed E-state index contributed by atoms with van der Waals surface area (Å²) in [6.45, 7) is 7.88. The van der Waals surface area contributed by atoms with Gasteiger partial charge in [0.1, 0.15) is 22.4 Å². The molecule has 6 nitrogen and oxygen atoms in total. The molecule has 1 aromatic carbocycles. The Morgan fingerprint density at radius 1 is 1.33 bits per heavy atom. The van der Waals surface area contributed by atoms with E-state index in [0.717, 1.165) is 16.1 Å². The summed E-state index contributed by atoms with van der Waals surface area (Å²) in [5.41, 5.74) is 0.397. The number of rotatable bonds is 6. The SMILES string of the molecule is CCOc1ccccc1NC(=O)C(C)n1c(C)nc2sc(CC)cc2c1=O. The van der Waals surface area contributed by atoms with Gasteiger partial charge in [-0.1, -0.05) is 19.1 Å². The van der Waals surface area contributed by atoms with Gasteiger partial charge >= 0.3 is 0 Å². The molecule has 27 heavy (non-hydrogen) atoms. The van der Waals surface area contributed by atoms with Crippen LogP contribution in [-0.2, 0) is 11.2 Å². The number of carbonyl (C=O) groups is 1. The van der Waals surface area contributed by atoms with E-state index in [9.17, 15) is 9.59 Å². The number of para-hydroxylation sites is 2. The van der Waals surface area contributed by atoms with E-state index in [0.29, 0.717) is 29.3 Å². The highest BCUT2D eigenvalue weighted by Gasteiger charge is 2.22. The summed E-state index contributed by atoms with van der Waals surface area (Å²) in [6, 6.07) is 8.42. The molecule has 2 aromatic heterocycles. The first-order valence-electron chi connectivity index (χ1n) is 9.00. The van der Waals surface area contributed by atoms with Gasteiger partial charge in [0.25, 0.3) is 5.56 Å². The number of hydrogen-bond donors (Lipinski definition) is 1. The van der Waals surface area contributed by atoms with Crippen LogP contribution in [0.25, 0.3) is 10.2 Å². The Morgan fingerprint density at radius 3 is 2.78 bits per heavy atom. The number of nitrogens with zero attached hydrogens (tertiary/aromatic N) is 2. The van der Waals surface area contributed by atoms with E-state index in [4.69, 9.17) is 4.74 Å². The van der Waals surface area contributed by atoms with E-state index in [1.54, 1.807) is 26.0 Å². The van der Waals surface area contributed by atoms with Crippen molar-refractivity contribution >= 4 is 33.1 Å². The summed E-state index contributed by atoms with van der Waals surface area (Å²) >= 11 is 1.52. The number of benzene rings is 1. The fourth-order valence-corrected chi connectivity index (χ4v) is 3.98. The number of hydrogen-bond acceptors (Lipinski definition) is 5. The first-order chi connectivity index (χ1) is 13.0. The third-order valence-electron chi connectivity index (χ3n) is 4.38. The van der Waals surface area contributed by atoms with E-state index in [-0.39, 0.29) is 11.5 Å². The fourth-order valence-electron chi connectivity index (χ4n) is 2.98. The van der Waals surface area contributed by atoms with Crippen LogP contribution in [0, 0.1) is 6.92 Å². The largest absolute Gasteiger partial charge is 0.492 e. The summed E-state index contributed by atoms with van der Waals surface area (Å²) in [5.74, 6) is 0.834. The van der Waals surface area contributed by atoms with E-state index < -0.39 is 6.04 Å². The van der Waals surface area contributed by atoms with Crippen molar-refractivity contribution in [3.05, 3.63) is 51.4 Å². The van der Waals surface area contributed by atoms with Gasteiger partial charge in [-0.25, -0.2) is 4.98 Å². The Balaban J connectivity index is 1.95. The van der Waals surface area contributed by atoms with Crippen molar-refractivity contribution in [1.29, 1.82) is 0 Å². The van der Waals surface area contributed by atoms with Crippen LogP contribution >= 0.6 is 11.3 Å². The van der Waals surface area contributed by atoms with E-state index >= 15 is 0 Å². The predicted octanol–water partition coefficient (Wildman–Crippen LogP) is 3.93. The van der Waals surface area contributed by atoms with Gasteiger partial charge in [-0.2, -0.15) is 0 Å². The number of thiophene rings is 1. The lowest BCUT2D eigenvalue weighted by Gasteiger charge is -2.18. The van der Waals surface area contributed by atoms with Crippen LogP contribution < -0.4 is 15.6 Å². The lowest BCUT2D eigenvalue weighted by atomic mass is 10.2. The molecule has 3 rings (SSSR count). The van der Waals surface area contributed by atoms with Gasteiger partial charge in [0.15, 0.2) is 0 Å². The van der Waals surface area contributed by atoms with Crippen LogP contribution in [0.2, 0.25) is 0 Å². The van der Waals surface area contributed by atoms with Gasteiger partial charge in [-0.3, -0.25) is 14.2 Å². The average molecular weight is 385 g/mol. The lowest BCUT2D eigenvalue weighted by molar-refractivity contribution is -0.118. The molecule has 0 aliphatic carbocycles. The summed E-state index contributed by atoms with van der Waals surface area (Å²) in [7, 11) is 0. The van der Waals surface area contributed by atoms with Crippen molar-refractivity contribution in [2.24, 2.45) is 0 Å². The van der Waals surface area contributed by atoms with E-state index in [1.807, 2.05) is 32.0 Å². The highest BCUT2D eigenvalue weighted by atomic mass is 32.1. The number of aryl methyl sites for hydroxylation is 2. The van der Waals surface area contributed by atoms with E-state index in [1.165, 1.54) is 15.9 Å². The minimum atomic E-state index is -0.700. The molecule has 0 spiro atoms. The first-order valence-corrected chi connectivity index (χ1v) is 9.82. The average Bonchev–Trinajstić information content (AvgIpc) is 3.06. The zero-order chi connectivity index (χ0) is 19.6. The van der Waals surface area contributed by atoms with Gasteiger partial charge in [0, 0.05) is 4.88 Å². The molecule has 1 atom stereocenters. The van der Waals surface area contributed by atoms with Gasteiger partial charge in [0.2, 0.25) is 5.91 Å². The molecule has 142 valence electrons. The van der Waals surface area contributed by atoms with Gasteiger partial charge < -0.3 is 10.1 Å². The van der Waals surface area contributed by atoms with Crippen LogP contribution in [-0.4, -0.2) is 22.1 Å². The number of ether oxygens (including phenoxy) is 1. The second-order valence-corrected chi connectivity index (χ2v) is 7.33. The molecule has 3 aromatic rings. The molecule has 0 saturated carbocycles. The highest BCUT2D eigenvalue weighted by Crippen LogP contribution is 2.26. The second kappa shape index (κ2) is 7.92. The number of amides is 1. The summed E-state index contributed by atoms with van der Waals surface area (Å²) < 4.78 is 7.00. The third-order valence-corrected chi connectivity index (χ3v) is 5.56. The van der Waals surface area contributed by atoms with Crippen molar-refractivity contribution in [2.75, 3.05) is 11.9 Å². The molecule has 1 amide bonds. The summed E-state index contributed by atoms with van der Waals surface area (Å²) in [4.78, 5) is 32.2. The van der Waals surface area contributed by atoms with Crippen LogP contribution in [0.15, 0.2) is 35.1 Å². The first kappa shape index (κ1) is 19.1. The Morgan fingerprint density at radius 2 is 2.07 bits per heavy atom. The topological polar surface area (TPSA) is 73.2 Å². The molecular formula is C20H23N3O3S. The monoisotopic (exact) mass is 385 g/mol. The summed E-state index contributed by atoms with van der Waals surface area (Å²) in [6.07, 6.45) is 0.851. The standard InChI is InChI=1S/C20H23N3O3S/c1-5-14-11-15-19(27-14)21-13(4)23(20(15)25)12(3)18(24)22-16-9-7-8-10-17(16)26-6-2/h7-12H,5-6H2,1-4H3,(H,22,24). The Labute approximate surface area is 161 Å². The molecule has 2 heterocycles. The van der Waals surface area contributed by atoms with Gasteiger partial charge in [0.05, 0.1) is 17.7 Å². The van der Waals surface area contributed by atoms with Crippen molar-refractivity contribution in [2.45, 2.75) is 40.2 Å². The van der Waals surface area contributed by atoms with Crippen LogP contribution in [0.1, 0.15) is 37.5 Å². The zero-order valence-electron chi connectivity index (χ0n) is 15.9. The Bertz CT molecular complexity index is 1040. The van der Waals surface area contributed by atoms with Gasteiger partial charge in [-0.05, 0) is 45.4 Å². The zero-order valence-corrected chi connectivity index (χ0v) is 16.7. The molecule has 1 N–H and O–H groups in total. The minimum absolute atomic E-state index is 0.186. The lowest BCUT2D eigenvalue weighted by Crippen LogP contribution is -2.33. The molecule has 0 aliphatic rings. The minimum Gasteiger partial charge on any atom is -0.492 e. The van der Waals surface area contributed by atoms with Crippen molar-refractivity contribution in [3.8, 4) is 5.75 Å². The third kappa shape index (κ3) is 3.73. The maximum atomic E-state index is 13.0. The smallest absolute Gasteiger partial charge is 0.263 e. The number of aromatic nitrogens is 2. The maximum absolute atomic E-state index is 13.0. The van der Waals surface area contributed by atoms with Crippen LogP contribution in [0.4, 0.5) is 5.69 Å². The molecule has 7 heteroatoms. The number of carbonyl (C=O) groups excluding carboxylic acids is 1. The normalized spacial score (nSPS) is 12.1. The van der Waals surface area contributed by atoms with Crippen molar-refractivity contribution < 1.29 is 9.53 Å². The Kier molecular flexibility index (Phi) is 5.60. The molecule has 0 saturated heterocycles. The van der Waals surface area contributed by atoms with Crippen LogP contribution in [0.5, 0.6) is 5.75 Å². The number of fused-ring (bicyclic) bond motifs is 1. The quantitative estimate of drug-likeness (QED) is 0.698. The molecule has 0 aliphatic heterocycles. The number of anilines is 1. The maximum Gasteiger partial charge on any atom is 0.263 e. The Hall–Kier alpha value is -2.67. The molecular weight excluding hydrogens is 362 g/mol. The second-order valence-electron chi connectivity index (χ2n) is 6.21. The van der Waals surface area contributed by atoms with Crippen molar-refractivity contribution in [3.63, 3.8) is 0 Å². The van der Waals surface area contributed by atoms with Crippen LogP contribution in [0.3, 0.4) is 0 Å². The molecule has 0 radical (unpaired) electrons. The van der Waals surface area contributed by atoms with Gasteiger partial charge in [-0.15, -0.1) is 11.3 Å². The predicted molar refractivity (Wildman–Crippen MR) is 109 cm³/mol. The highest BCUT2D eigenvalue weighted by molar-refractivity contribution is 7.18. The van der Waals surface area contributed by atoms with E-state index in [2.05, 4.69) is 10.3 Å². The fraction of sp³-hybridized carbons (Fsp3) is 0.350. The molecule has 1 unspecified atom stereocenters. The number of nitrogens with one attached hydrogen (secondary N) is 1.